The number of ether oxygens (including phenoxy) is 1. The Morgan fingerprint density at radius 3 is 2.95 bits per heavy atom. The molecule has 115 valence electrons. The third-order valence-electron chi connectivity index (χ3n) is 7.06. The molecule has 1 saturated heterocycles. The smallest absolute Gasteiger partial charge is 0.165 e. The number of phenols is 1. The number of phenolic OH excluding ortho intramolecular Hbond substituents is 1. The van der Waals surface area contributed by atoms with Crippen molar-refractivity contribution in [2.24, 2.45) is 11.3 Å². The summed E-state index contributed by atoms with van der Waals surface area (Å²) >= 11 is 0. The molecule has 1 spiro atoms. The zero-order valence-electron chi connectivity index (χ0n) is 13.3. The summed E-state index contributed by atoms with van der Waals surface area (Å²) < 4.78 is 6.40. The molecule has 1 aromatic carbocycles. The number of hydrogen-bond donors (Lipinski definition) is 1. The molecule has 0 aromatic heterocycles. The van der Waals surface area contributed by atoms with Crippen LogP contribution in [0.15, 0.2) is 12.1 Å². The minimum absolute atomic E-state index is 0. The first-order chi connectivity index (χ1) is 10.1. The van der Waals surface area contributed by atoms with E-state index in [2.05, 4.69) is 19.9 Å². The van der Waals surface area contributed by atoms with Crippen LogP contribution < -0.4 is 4.74 Å². The van der Waals surface area contributed by atoms with Crippen molar-refractivity contribution in [3.8, 4) is 11.5 Å². The van der Waals surface area contributed by atoms with Gasteiger partial charge >= 0.3 is 0 Å². The van der Waals surface area contributed by atoms with Crippen LogP contribution in [0.2, 0.25) is 0 Å². The van der Waals surface area contributed by atoms with Gasteiger partial charge in [0.05, 0.1) is 0 Å². The van der Waals surface area contributed by atoms with E-state index in [4.69, 9.17) is 10.1 Å². The normalized spacial score (nSPS) is 43.8. The predicted octanol–water partition coefficient (Wildman–Crippen LogP) is 3.53. The maximum Gasteiger partial charge on any atom is 0.165 e. The third-order valence-corrected chi connectivity index (χ3v) is 7.06. The van der Waals surface area contributed by atoms with E-state index in [-0.39, 0.29) is 49.6 Å². The Kier molecular flexibility index (Phi) is 3.30. The van der Waals surface area contributed by atoms with Crippen LogP contribution in [0.3, 0.4) is 0 Å². The van der Waals surface area contributed by atoms with Crippen molar-refractivity contribution in [2.75, 3.05) is 6.54 Å². The van der Waals surface area contributed by atoms with E-state index < -0.39 is 0 Å². The Bertz CT molecular complexity index is 648. The van der Waals surface area contributed by atoms with Gasteiger partial charge in [-0.2, -0.15) is 0 Å². The fourth-order valence-electron chi connectivity index (χ4n) is 5.99. The molecule has 1 aromatic rings. The Labute approximate surface area is 157 Å². The maximum atomic E-state index is 10.3. The van der Waals surface area contributed by atoms with Crippen LogP contribution in [0.5, 0.6) is 11.5 Å². The van der Waals surface area contributed by atoms with E-state index >= 15 is 0 Å². The molecule has 0 amide bonds. The minimum Gasteiger partial charge on any atom is -0.659 e. The van der Waals surface area contributed by atoms with Crippen LogP contribution in [0.4, 0.5) is 0 Å². The van der Waals surface area contributed by atoms with Gasteiger partial charge in [0, 0.05) is 43.7 Å². The van der Waals surface area contributed by atoms with Crippen LogP contribution in [0, 0.1) is 11.3 Å². The zero-order valence-corrected chi connectivity index (χ0v) is 16.1. The summed E-state index contributed by atoms with van der Waals surface area (Å²) in [5, 5.41) is 15.3. The van der Waals surface area contributed by atoms with Crippen molar-refractivity contribution >= 4 is 0 Å². The summed E-state index contributed by atoms with van der Waals surface area (Å²) in [5.41, 5.74) is 2.99. The molecule has 2 aliphatic carbocycles. The Balaban J connectivity index is 0.00000125. The molecule has 2 heterocycles. The average Bonchev–Trinajstić information content (AvgIpc) is 2.80. The number of rotatable bonds is 0. The molecule has 1 N–H and O–H groups in total. The van der Waals surface area contributed by atoms with Crippen molar-refractivity contribution in [2.45, 2.75) is 57.1 Å². The van der Waals surface area contributed by atoms with Gasteiger partial charge in [-0.05, 0) is 42.2 Å². The van der Waals surface area contributed by atoms with E-state index in [0.29, 0.717) is 17.7 Å². The second kappa shape index (κ2) is 4.71. The van der Waals surface area contributed by atoms with Crippen LogP contribution in [0.1, 0.15) is 44.2 Å². The second-order valence-corrected chi connectivity index (χ2v) is 7.77. The standard InChI is InChI=1S/C18H22NO2.Y/c1-10-5-6-17(2)13-9-11-3-4-12(20)15-14(11)18(17,7-8-19-13)16(10)21-15;/h3-4,10,13,16,20H,5-9H2,1-2H3;/q-1;. The Morgan fingerprint density at radius 1 is 1.32 bits per heavy atom. The van der Waals surface area contributed by atoms with Crippen LogP contribution in [-0.2, 0) is 44.5 Å². The summed E-state index contributed by atoms with van der Waals surface area (Å²) in [6, 6.07) is 4.34. The van der Waals surface area contributed by atoms with Gasteiger partial charge in [0.1, 0.15) is 6.10 Å². The van der Waals surface area contributed by atoms with Gasteiger partial charge in [0.25, 0.3) is 0 Å². The van der Waals surface area contributed by atoms with Gasteiger partial charge < -0.3 is 15.2 Å². The molecule has 5 rings (SSSR count). The van der Waals surface area contributed by atoms with Crippen molar-refractivity contribution < 1.29 is 42.6 Å². The average molecular weight is 373 g/mol. The maximum absolute atomic E-state index is 10.3. The summed E-state index contributed by atoms with van der Waals surface area (Å²) in [6.07, 6.45) is 4.76. The SMILES string of the molecule is CC1CCC2(C)C3Cc4ccc(O)c5c4C2(CC[N-]3)C1O5.[Y]. The number of nitrogens with zero attached hydrogens (tertiary/aromatic N) is 1. The molecule has 1 radical (unpaired) electrons. The van der Waals surface area contributed by atoms with Gasteiger partial charge in [-0.25, -0.2) is 0 Å². The minimum atomic E-state index is 0. The molecule has 5 atom stereocenters. The first-order valence-electron chi connectivity index (χ1n) is 8.26. The quantitative estimate of drug-likeness (QED) is 0.756. The largest absolute Gasteiger partial charge is 0.659 e. The monoisotopic (exact) mass is 373 g/mol. The zero-order chi connectivity index (χ0) is 14.4. The van der Waals surface area contributed by atoms with E-state index in [1.807, 2.05) is 6.07 Å². The molecule has 4 heteroatoms. The van der Waals surface area contributed by atoms with Crippen molar-refractivity contribution in [1.82, 2.24) is 0 Å². The Hall–Kier alpha value is -0.116. The number of aromatic hydroxyl groups is 1. The predicted molar refractivity (Wildman–Crippen MR) is 81.0 cm³/mol. The molecule has 2 bridgehead atoms. The molecular formula is C18H22NO2Y-. The van der Waals surface area contributed by atoms with Crippen molar-refractivity contribution in [1.29, 1.82) is 0 Å². The fraction of sp³-hybridized carbons (Fsp3) is 0.667. The fourth-order valence-corrected chi connectivity index (χ4v) is 5.99. The molecule has 2 fully saturated rings. The molecule has 3 nitrogen and oxygen atoms in total. The molecular weight excluding hydrogens is 351 g/mol. The van der Waals surface area contributed by atoms with E-state index in [1.54, 1.807) is 0 Å². The Morgan fingerprint density at radius 2 is 2.14 bits per heavy atom. The van der Waals surface area contributed by atoms with Gasteiger partial charge in [0.2, 0.25) is 0 Å². The van der Waals surface area contributed by atoms with E-state index in [0.717, 1.165) is 25.1 Å². The van der Waals surface area contributed by atoms with E-state index in [9.17, 15) is 5.11 Å². The number of hydrogen-bond acceptors (Lipinski definition) is 2. The first kappa shape index (κ1) is 15.4. The summed E-state index contributed by atoms with van der Waals surface area (Å²) in [7, 11) is 0. The molecule has 1 saturated carbocycles. The van der Waals surface area contributed by atoms with Gasteiger partial charge in [-0.1, -0.05) is 26.3 Å². The van der Waals surface area contributed by atoms with Gasteiger partial charge in [-0.3, -0.25) is 0 Å². The van der Waals surface area contributed by atoms with Crippen LogP contribution in [0.25, 0.3) is 5.32 Å². The van der Waals surface area contributed by atoms with Crippen LogP contribution in [-0.4, -0.2) is 23.8 Å². The number of benzene rings is 1. The molecule has 4 aliphatic rings. The van der Waals surface area contributed by atoms with Crippen LogP contribution >= 0.6 is 0 Å². The molecule has 5 unspecified atom stereocenters. The van der Waals surface area contributed by atoms with E-state index in [1.165, 1.54) is 24.0 Å². The topological polar surface area (TPSA) is 43.6 Å². The van der Waals surface area contributed by atoms with Gasteiger partial charge in [-0.15, -0.1) is 12.6 Å². The second-order valence-electron chi connectivity index (χ2n) is 7.77. The van der Waals surface area contributed by atoms with Crippen molar-refractivity contribution in [3.63, 3.8) is 0 Å². The molecule has 22 heavy (non-hydrogen) atoms. The number of piperidine rings is 1. The summed E-state index contributed by atoms with van der Waals surface area (Å²) in [5.74, 6) is 1.67. The third kappa shape index (κ3) is 1.49. The van der Waals surface area contributed by atoms with Crippen molar-refractivity contribution in [3.05, 3.63) is 28.6 Å². The molecule has 2 aliphatic heterocycles. The summed E-state index contributed by atoms with van der Waals surface area (Å²) in [6.45, 7) is 5.70. The first-order valence-corrected chi connectivity index (χ1v) is 8.26. The van der Waals surface area contributed by atoms with Gasteiger partial charge in [0.15, 0.2) is 11.5 Å². The summed E-state index contributed by atoms with van der Waals surface area (Å²) in [4.78, 5) is 0.